The summed E-state index contributed by atoms with van der Waals surface area (Å²) in [5, 5.41) is 10.2. The maximum absolute atomic E-state index is 11.6. The largest absolute Gasteiger partial charge is 0.458 e. The fourth-order valence-corrected chi connectivity index (χ4v) is 7.72. The maximum Gasteiger partial charge on any atom is 0.331 e. The van der Waals surface area contributed by atoms with E-state index in [1.165, 1.54) is 37.7 Å². The van der Waals surface area contributed by atoms with Gasteiger partial charge in [0.15, 0.2) is 0 Å². The van der Waals surface area contributed by atoms with E-state index in [9.17, 15) is 9.90 Å². The normalized spacial score (nSPS) is 50.3. The van der Waals surface area contributed by atoms with Gasteiger partial charge < -0.3 is 9.84 Å². The van der Waals surface area contributed by atoms with Crippen LogP contribution in [0.2, 0.25) is 0 Å². The van der Waals surface area contributed by atoms with Gasteiger partial charge in [-0.3, -0.25) is 0 Å². The summed E-state index contributed by atoms with van der Waals surface area (Å²) < 4.78 is 5.23. The van der Waals surface area contributed by atoms with Crippen LogP contribution in [-0.4, -0.2) is 23.8 Å². The summed E-state index contributed by atoms with van der Waals surface area (Å²) in [7, 11) is 0. The van der Waals surface area contributed by atoms with Gasteiger partial charge in [0, 0.05) is 6.08 Å². The summed E-state index contributed by atoms with van der Waals surface area (Å²) in [5.41, 5.74) is 3.56. The Hall–Kier alpha value is -1.09. The highest BCUT2D eigenvalue weighted by Gasteiger charge is 2.58. The van der Waals surface area contributed by atoms with Crippen molar-refractivity contribution in [3.63, 3.8) is 0 Å². The Morgan fingerprint density at radius 3 is 2.77 bits per heavy atom. The minimum atomic E-state index is -0.153. The first kappa shape index (κ1) is 17.0. The first-order valence-corrected chi connectivity index (χ1v) is 10.7. The number of allylic oxidation sites excluding steroid dienone is 2. The Morgan fingerprint density at radius 2 is 2.00 bits per heavy atom. The number of esters is 1. The standard InChI is InChI=1S/C23H32O3/c1-22-9-7-16(24)12-15(22)3-4-17-19-6-5-18(14-11-21(25)26-13-14)23(19,2)10-8-20(17)22/h6,11,15-18,20,24H,3-5,7-10,12-13H2,1-2H3/t15-,16-,17-,18+,20+,22-,23+/m0/s1. The highest BCUT2D eigenvalue weighted by Crippen LogP contribution is 2.66. The number of aliphatic hydroxyl groups excluding tert-OH is 1. The summed E-state index contributed by atoms with van der Waals surface area (Å²) in [6.45, 7) is 5.49. The number of rotatable bonds is 1. The Bertz CT molecular complexity index is 692. The van der Waals surface area contributed by atoms with Crippen molar-refractivity contribution < 1.29 is 14.6 Å². The average molecular weight is 357 g/mol. The molecule has 1 N–H and O–H groups in total. The lowest BCUT2D eigenvalue weighted by molar-refractivity contribution is -0.135. The number of carbonyl (C=O) groups is 1. The van der Waals surface area contributed by atoms with Crippen LogP contribution in [-0.2, 0) is 9.53 Å². The minimum absolute atomic E-state index is 0.0691. The van der Waals surface area contributed by atoms with Gasteiger partial charge in [0.25, 0.3) is 0 Å². The summed E-state index contributed by atoms with van der Waals surface area (Å²) >= 11 is 0. The molecule has 26 heavy (non-hydrogen) atoms. The second-order valence-corrected chi connectivity index (χ2v) is 10.2. The van der Waals surface area contributed by atoms with Crippen molar-refractivity contribution in [2.75, 3.05) is 6.61 Å². The van der Waals surface area contributed by atoms with E-state index < -0.39 is 0 Å². The first-order chi connectivity index (χ1) is 12.4. The zero-order valence-electron chi connectivity index (χ0n) is 16.2. The predicted octanol–water partition coefficient (Wildman–Crippen LogP) is 4.41. The molecular formula is C23H32O3. The number of ether oxygens (including phenoxy) is 1. The molecule has 5 rings (SSSR count). The molecule has 1 aliphatic heterocycles. The molecule has 0 aromatic heterocycles. The molecular weight excluding hydrogens is 324 g/mol. The van der Waals surface area contributed by atoms with E-state index in [1.807, 2.05) is 0 Å². The van der Waals surface area contributed by atoms with Crippen molar-refractivity contribution in [2.45, 2.75) is 71.3 Å². The van der Waals surface area contributed by atoms with E-state index in [0.29, 0.717) is 29.8 Å². The molecule has 3 saturated carbocycles. The number of fused-ring (bicyclic) bond motifs is 5. The number of cyclic esters (lactones) is 1. The van der Waals surface area contributed by atoms with Crippen molar-refractivity contribution in [3.05, 3.63) is 23.3 Å². The molecule has 1 heterocycles. The second-order valence-electron chi connectivity index (χ2n) is 10.2. The van der Waals surface area contributed by atoms with Crippen LogP contribution >= 0.6 is 0 Å². The van der Waals surface area contributed by atoms with Gasteiger partial charge >= 0.3 is 5.97 Å². The van der Waals surface area contributed by atoms with Crippen LogP contribution < -0.4 is 0 Å². The van der Waals surface area contributed by atoms with E-state index in [2.05, 4.69) is 19.9 Å². The molecule has 0 spiro atoms. The van der Waals surface area contributed by atoms with Gasteiger partial charge in [-0.15, -0.1) is 0 Å². The molecule has 0 saturated heterocycles. The van der Waals surface area contributed by atoms with Crippen molar-refractivity contribution in [3.8, 4) is 0 Å². The number of hydrogen-bond acceptors (Lipinski definition) is 3. The van der Waals surface area contributed by atoms with Gasteiger partial charge in [0.05, 0.1) is 6.10 Å². The molecule has 3 fully saturated rings. The molecule has 3 heteroatoms. The fraction of sp³-hybridized carbons (Fsp3) is 0.783. The molecule has 0 unspecified atom stereocenters. The van der Waals surface area contributed by atoms with Crippen molar-refractivity contribution >= 4 is 5.97 Å². The summed E-state index contributed by atoms with van der Waals surface area (Å²) in [4.78, 5) is 11.6. The highest BCUT2D eigenvalue weighted by atomic mass is 16.5. The number of carbonyl (C=O) groups excluding carboxylic acids is 1. The van der Waals surface area contributed by atoms with Crippen LogP contribution in [0.1, 0.15) is 65.2 Å². The zero-order chi connectivity index (χ0) is 18.1. The fourth-order valence-electron chi connectivity index (χ4n) is 7.72. The second kappa shape index (κ2) is 5.70. The monoisotopic (exact) mass is 356 g/mol. The van der Waals surface area contributed by atoms with Crippen LogP contribution in [0.5, 0.6) is 0 Å². The van der Waals surface area contributed by atoms with Gasteiger partial charge in [-0.2, -0.15) is 0 Å². The molecule has 7 atom stereocenters. The smallest absolute Gasteiger partial charge is 0.331 e. The molecule has 4 aliphatic carbocycles. The van der Waals surface area contributed by atoms with Crippen LogP contribution in [0.15, 0.2) is 23.3 Å². The molecule has 5 aliphatic rings. The zero-order valence-corrected chi connectivity index (χ0v) is 16.2. The Morgan fingerprint density at radius 1 is 1.15 bits per heavy atom. The Labute approximate surface area is 156 Å². The molecule has 0 aromatic carbocycles. The molecule has 0 radical (unpaired) electrons. The first-order valence-electron chi connectivity index (χ1n) is 10.7. The van der Waals surface area contributed by atoms with Gasteiger partial charge in [0.1, 0.15) is 6.61 Å². The van der Waals surface area contributed by atoms with Gasteiger partial charge in [-0.05, 0) is 91.4 Å². The summed E-state index contributed by atoms with van der Waals surface area (Å²) in [5.74, 6) is 2.51. The lowest BCUT2D eigenvalue weighted by Crippen LogP contribution is -2.52. The molecule has 0 aromatic rings. The lowest BCUT2D eigenvalue weighted by atomic mass is 9.45. The average Bonchev–Trinajstić information content (AvgIpc) is 3.18. The highest BCUT2D eigenvalue weighted by molar-refractivity contribution is 5.85. The number of hydrogen-bond donors (Lipinski definition) is 1. The topological polar surface area (TPSA) is 46.5 Å². The number of aliphatic hydroxyl groups is 1. The maximum atomic E-state index is 11.6. The van der Waals surface area contributed by atoms with E-state index in [0.717, 1.165) is 25.2 Å². The Balaban J connectivity index is 1.43. The lowest BCUT2D eigenvalue weighted by Gasteiger charge is -2.59. The third-order valence-electron chi connectivity index (χ3n) is 9.17. The van der Waals surface area contributed by atoms with Gasteiger partial charge in [-0.1, -0.05) is 25.5 Å². The van der Waals surface area contributed by atoms with Crippen LogP contribution in [0.25, 0.3) is 0 Å². The van der Waals surface area contributed by atoms with Crippen molar-refractivity contribution in [1.29, 1.82) is 0 Å². The van der Waals surface area contributed by atoms with Crippen LogP contribution in [0.4, 0.5) is 0 Å². The molecule has 3 nitrogen and oxygen atoms in total. The minimum Gasteiger partial charge on any atom is -0.458 e. The van der Waals surface area contributed by atoms with Gasteiger partial charge in [0.2, 0.25) is 0 Å². The van der Waals surface area contributed by atoms with Crippen LogP contribution in [0.3, 0.4) is 0 Å². The predicted molar refractivity (Wildman–Crippen MR) is 100 cm³/mol. The molecule has 0 amide bonds. The van der Waals surface area contributed by atoms with Crippen molar-refractivity contribution in [2.24, 2.45) is 34.5 Å². The van der Waals surface area contributed by atoms with E-state index in [4.69, 9.17) is 4.74 Å². The SMILES string of the molecule is C[C@]12CC[C@H](O)C[C@@H]1CC[C@H]1C3=CC[C@H](C4=CC(=O)OC4)[C@@]3(C)CC[C@H]12. The van der Waals surface area contributed by atoms with Crippen LogP contribution in [0, 0.1) is 34.5 Å². The molecule has 0 bridgehead atoms. The Kier molecular flexibility index (Phi) is 3.74. The van der Waals surface area contributed by atoms with Crippen molar-refractivity contribution in [1.82, 2.24) is 0 Å². The third-order valence-corrected chi connectivity index (χ3v) is 9.17. The van der Waals surface area contributed by atoms with E-state index >= 15 is 0 Å². The third kappa shape index (κ3) is 2.25. The quantitative estimate of drug-likeness (QED) is 0.559. The molecule has 142 valence electrons. The summed E-state index contributed by atoms with van der Waals surface area (Å²) in [6.07, 6.45) is 13.6. The van der Waals surface area contributed by atoms with E-state index in [1.54, 1.807) is 11.6 Å². The van der Waals surface area contributed by atoms with Gasteiger partial charge in [-0.25, -0.2) is 4.79 Å². The van der Waals surface area contributed by atoms with E-state index in [-0.39, 0.29) is 17.5 Å². The summed E-state index contributed by atoms with van der Waals surface area (Å²) in [6, 6.07) is 0.